The summed E-state index contributed by atoms with van der Waals surface area (Å²) in [6, 6.07) is -1.28. The van der Waals surface area contributed by atoms with Gasteiger partial charge >= 0.3 is 0 Å². The molecule has 0 bridgehead atoms. The van der Waals surface area contributed by atoms with Gasteiger partial charge in [-0.15, -0.1) is 24.0 Å². The van der Waals surface area contributed by atoms with Crippen LogP contribution in [-0.2, 0) is 28.8 Å². The van der Waals surface area contributed by atoms with Crippen LogP contribution < -0.4 is 22.1 Å². The quantitative estimate of drug-likeness (QED) is 0.238. The maximum atomic E-state index is 12.9. The van der Waals surface area contributed by atoms with Gasteiger partial charge in [-0.1, -0.05) is 42.5 Å². The molecule has 304 valence electrons. The molecule has 17 heteroatoms. The van der Waals surface area contributed by atoms with E-state index in [1.165, 1.54) is 10.0 Å². The van der Waals surface area contributed by atoms with Crippen LogP contribution in [0.1, 0.15) is 109 Å². The van der Waals surface area contributed by atoms with Gasteiger partial charge in [0.15, 0.2) is 0 Å². The first-order valence-corrected chi connectivity index (χ1v) is 17.6. The van der Waals surface area contributed by atoms with Crippen molar-refractivity contribution in [2.24, 2.45) is 32.5 Å². The summed E-state index contributed by atoms with van der Waals surface area (Å²) in [5.74, 6) is -1.21. The summed E-state index contributed by atoms with van der Waals surface area (Å²) in [6.07, 6.45) is 3.26. The van der Waals surface area contributed by atoms with E-state index in [0.29, 0.717) is 64.7 Å². The minimum atomic E-state index is -1.05. The monoisotopic (exact) mass is 862 g/mol. The SMILES string of the molecule is C.C.CCC(NC(=O)C(C)(C)N)C(=O)N1CCC2=NN(C)C(=O)C2(CC)C1.CCC(NC(=O)C(C)(C)N)C(=O)N1CCC2=NN(C)C(=O)C2(CC)C1.I. The molecule has 4 rings (SSSR count). The van der Waals surface area contributed by atoms with E-state index in [4.69, 9.17) is 11.5 Å². The van der Waals surface area contributed by atoms with Crippen LogP contribution in [0.4, 0.5) is 0 Å². The molecule has 0 saturated carbocycles. The fraction of sp³-hybridized carbons (Fsp3) is 0.778. The van der Waals surface area contributed by atoms with Gasteiger partial charge in [-0.05, 0) is 53.4 Å². The molecule has 4 aliphatic rings. The van der Waals surface area contributed by atoms with E-state index in [2.05, 4.69) is 20.8 Å². The van der Waals surface area contributed by atoms with E-state index in [0.717, 1.165) is 11.4 Å². The van der Waals surface area contributed by atoms with Gasteiger partial charge in [0.2, 0.25) is 23.6 Å². The smallest absolute Gasteiger partial charge is 0.256 e. The lowest BCUT2D eigenvalue weighted by Crippen LogP contribution is -2.60. The van der Waals surface area contributed by atoms with Crippen LogP contribution in [0.25, 0.3) is 0 Å². The second-order valence-electron chi connectivity index (χ2n) is 15.0. The summed E-state index contributed by atoms with van der Waals surface area (Å²) in [4.78, 5) is 78.7. The number of nitrogens with zero attached hydrogens (tertiary/aromatic N) is 6. The molecule has 53 heavy (non-hydrogen) atoms. The first-order valence-electron chi connectivity index (χ1n) is 17.6. The number of nitrogens with one attached hydrogen (secondary N) is 2. The number of hydrazone groups is 2. The number of carbonyl (C=O) groups is 6. The number of fused-ring (bicyclic) bond motifs is 2. The Hall–Kier alpha value is -3.19. The van der Waals surface area contributed by atoms with Crippen LogP contribution in [0.15, 0.2) is 10.2 Å². The van der Waals surface area contributed by atoms with E-state index in [1.54, 1.807) is 51.6 Å². The topological polar surface area (TPSA) is 216 Å². The van der Waals surface area contributed by atoms with Crippen molar-refractivity contribution in [2.75, 3.05) is 40.3 Å². The Morgan fingerprint density at radius 2 is 1.00 bits per heavy atom. The summed E-state index contributed by atoms with van der Waals surface area (Å²) in [7, 11) is 3.30. The maximum absolute atomic E-state index is 12.9. The van der Waals surface area contributed by atoms with Crippen LogP contribution in [0.3, 0.4) is 0 Å². The molecule has 4 heterocycles. The van der Waals surface area contributed by atoms with E-state index >= 15 is 0 Å². The Labute approximate surface area is 333 Å². The third-order valence-electron chi connectivity index (χ3n) is 10.2. The highest BCUT2D eigenvalue weighted by atomic mass is 127. The van der Waals surface area contributed by atoms with Crippen molar-refractivity contribution in [3.05, 3.63) is 0 Å². The molecule has 4 unspecified atom stereocenters. The summed E-state index contributed by atoms with van der Waals surface area (Å²) >= 11 is 0. The number of hydrogen-bond donors (Lipinski definition) is 4. The van der Waals surface area contributed by atoms with Crippen molar-refractivity contribution >= 4 is 70.8 Å². The second kappa shape index (κ2) is 18.9. The van der Waals surface area contributed by atoms with E-state index < -0.39 is 34.0 Å². The third kappa shape index (κ3) is 10.1. The predicted molar refractivity (Wildman–Crippen MR) is 218 cm³/mol. The molecule has 0 aliphatic carbocycles. The number of hydrogen-bond acceptors (Lipinski definition) is 10. The van der Waals surface area contributed by atoms with Gasteiger partial charge < -0.3 is 31.9 Å². The first-order chi connectivity index (χ1) is 23.1. The predicted octanol–water partition coefficient (Wildman–Crippen LogP) is 2.04. The van der Waals surface area contributed by atoms with Gasteiger partial charge in [-0.25, -0.2) is 10.0 Å². The molecule has 16 nitrogen and oxygen atoms in total. The zero-order chi connectivity index (χ0) is 38.0. The van der Waals surface area contributed by atoms with Gasteiger partial charge in [0.05, 0.1) is 22.5 Å². The third-order valence-corrected chi connectivity index (χ3v) is 10.2. The summed E-state index contributed by atoms with van der Waals surface area (Å²) < 4.78 is 0. The fourth-order valence-electron chi connectivity index (χ4n) is 6.82. The Bertz CT molecular complexity index is 1330. The molecule has 0 aromatic heterocycles. The Balaban J connectivity index is 0.000000966. The normalized spacial score (nSPS) is 23.3. The molecule has 0 spiro atoms. The van der Waals surface area contributed by atoms with E-state index in [-0.39, 0.29) is 74.3 Å². The van der Waals surface area contributed by atoms with Crippen molar-refractivity contribution in [3.8, 4) is 0 Å². The molecular weight excluding hydrogens is 795 g/mol. The van der Waals surface area contributed by atoms with E-state index in [9.17, 15) is 28.8 Å². The molecular formula is C36H67IN10O6. The average molecular weight is 863 g/mol. The lowest BCUT2D eigenvalue weighted by atomic mass is 9.75. The zero-order valence-electron chi connectivity index (χ0n) is 31.9. The Kier molecular flexibility index (Phi) is 17.8. The lowest BCUT2D eigenvalue weighted by Gasteiger charge is -2.40. The van der Waals surface area contributed by atoms with Crippen molar-refractivity contribution in [1.82, 2.24) is 30.5 Å². The van der Waals surface area contributed by atoms with Gasteiger partial charge in [-0.3, -0.25) is 28.8 Å². The van der Waals surface area contributed by atoms with Gasteiger partial charge in [0.25, 0.3) is 11.8 Å². The summed E-state index contributed by atoms with van der Waals surface area (Å²) in [5, 5.41) is 16.9. The van der Waals surface area contributed by atoms with Crippen LogP contribution in [0, 0.1) is 10.8 Å². The molecule has 0 aromatic carbocycles. The second-order valence-corrected chi connectivity index (χ2v) is 15.0. The number of piperidine rings is 2. The molecule has 4 aliphatic heterocycles. The summed E-state index contributed by atoms with van der Waals surface area (Å²) in [6.45, 7) is 15.6. The molecule has 6 N–H and O–H groups in total. The Morgan fingerprint density at radius 3 is 1.25 bits per heavy atom. The van der Waals surface area contributed by atoms with Crippen LogP contribution in [-0.4, -0.2) is 130 Å². The average Bonchev–Trinajstić information content (AvgIpc) is 3.47. The molecule has 4 atom stereocenters. The molecule has 2 fully saturated rings. The first kappa shape index (κ1) is 49.8. The van der Waals surface area contributed by atoms with Gasteiger partial charge in [0, 0.05) is 53.1 Å². The van der Waals surface area contributed by atoms with Crippen LogP contribution >= 0.6 is 24.0 Å². The van der Waals surface area contributed by atoms with Gasteiger partial charge in [0.1, 0.15) is 22.9 Å². The Morgan fingerprint density at radius 1 is 0.698 bits per heavy atom. The molecule has 0 radical (unpaired) electrons. The van der Waals surface area contributed by atoms with Gasteiger partial charge in [-0.2, -0.15) is 10.2 Å². The van der Waals surface area contributed by atoms with Crippen molar-refractivity contribution in [2.45, 2.75) is 132 Å². The van der Waals surface area contributed by atoms with E-state index in [1.807, 2.05) is 27.7 Å². The number of nitrogens with two attached hydrogens (primary N) is 2. The van der Waals surface area contributed by atoms with Crippen molar-refractivity contribution < 1.29 is 28.8 Å². The number of carbonyl (C=O) groups excluding carboxylic acids is 6. The fourth-order valence-corrected chi connectivity index (χ4v) is 6.82. The lowest BCUT2D eigenvalue weighted by molar-refractivity contribution is -0.143. The van der Waals surface area contributed by atoms with Crippen molar-refractivity contribution in [1.29, 1.82) is 0 Å². The number of rotatable bonds is 10. The number of amides is 6. The summed E-state index contributed by atoms with van der Waals surface area (Å²) in [5.41, 5.74) is 9.76. The standard InChI is InChI=1S/2C17H29N5O3.2CH4.HI/c2*1-6-11(19-14(24)16(3,4)18)13(23)22-9-8-12-17(7-2,10-22)15(25)21(5)20-12;;;/h2*11H,6-10,18H2,1-5H3,(H,19,24);2*1H4;1H. The zero-order valence-corrected chi connectivity index (χ0v) is 34.3. The number of likely N-dealkylation sites (tertiary alicyclic amines) is 2. The maximum Gasteiger partial charge on any atom is 0.256 e. The minimum absolute atomic E-state index is 0. The van der Waals surface area contributed by atoms with Crippen LogP contribution in [0.5, 0.6) is 0 Å². The molecule has 6 amide bonds. The highest BCUT2D eigenvalue weighted by Gasteiger charge is 2.54. The minimum Gasteiger partial charge on any atom is -0.343 e. The van der Waals surface area contributed by atoms with Crippen LogP contribution in [0.2, 0.25) is 0 Å². The van der Waals surface area contributed by atoms with Crippen molar-refractivity contribution in [3.63, 3.8) is 0 Å². The highest BCUT2D eigenvalue weighted by molar-refractivity contribution is 14.0. The number of halogens is 1. The molecule has 0 aromatic rings. The largest absolute Gasteiger partial charge is 0.343 e. The highest BCUT2D eigenvalue weighted by Crippen LogP contribution is 2.39. The molecule has 2 saturated heterocycles.